The molecule has 2 aromatic rings. The molecule has 0 spiro atoms. The first-order valence-corrected chi connectivity index (χ1v) is 10.1. The second-order valence-electron chi connectivity index (χ2n) is 7.89. The summed E-state index contributed by atoms with van der Waals surface area (Å²) in [4.78, 5) is 40.0. The topological polar surface area (TPSA) is 94.9 Å². The summed E-state index contributed by atoms with van der Waals surface area (Å²) in [6, 6.07) is 0.992. The minimum absolute atomic E-state index is 0.0672. The highest BCUT2D eigenvalue weighted by molar-refractivity contribution is 5.98. The molecule has 1 aromatic heterocycles. The van der Waals surface area contributed by atoms with Crippen molar-refractivity contribution in [3.8, 4) is 0 Å². The van der Waals surface area contributed by atoms with Crippen LogP contribution in [0.2, 0.25) is 0 Å². The first kappa shape index (κ1) is 21.9. The number of benzene rings is 1. The summed E-state index contributed by atoms with van der Waals surface area (Å²) >= 11 is 0. The van der Waals surface area contributed by atoms with Crippen LogP contribution < -0.4 is 15.8 Å². The Morgan fingerprint density at radius 1 is 1.16 bits per heavy atom. The van der Waals surface area contributed by atoms with Gasteiger partial charge in [-0.1, -0.05) is 0 Å². The number of aliphatic hydroxyl groups excluding tert-OH is 1. The van der Waals surface area contributed by atoms with E-state index in [0.29, 0.717) is 38.1 Å². The Kier molecular flexibility index (Phi) is 5.68. The van der Waals surface area contributed by atoms with Crippen LogP contribution in [0.1, 0.15) is 44.8 Å². The Balaban J connectivity index is 1.66. The average Bonchev–Trinajstić information content (AvgIpc) is 2.72. The molecule has 4 rings (SSSR count). The average molecular weight is 450 g/mol. The third kappa shape index (κ3) is 3.83. The Bertz CT molecular complexity index is 1140. The van der Waals surface area contributed by atoms with Crippen LogP contribution in [0, 0.1) is 24.4 Å². The van der Waals surface area contributed by atoms with Crippen LogP contribution in [0.15, 0.2) is 23.1 Å². The van der Waals surface area contributed by atoms with Gasteiger partial charge in [0.1, 0.15) is 35.4 Å². The number of aliphatic hydroxyl groups is 1. The van der Waals surface area contributed by atoms with Crippen molar-refractivity contribution in [3.05, 3.63) is 68.4 Å². The fourth-order valence-electron chi connectivity index (χ4n) is 3.95. The summed E-state index contributed by atoms with van der Waals surface area (Å²) in [5.41, 5.74) is -1.33. The van der Waals surface area contributed by atoms with E-state index in [1.165, 1.54) is 22.7 Å². The van der Waals surface area contributed by atoms with Crippen molar-refractivity contribution < 1.29 is 27.9 Å². The quantitative estimate of drug-likeness (QED) is 0.728. The molecule has 3 heterocycles. The molecule has 8 nitrogen and oxygen atoms in total. The van der Waals surface area contributed by atoms with Gasteiger partial charge >= 0.3 is 0 Å². The molecule has 0 radical (unpaired) electrons. The predicted octanol–water partition coefficient (Wildman–Crippen LogP) is 1.01. The normalized spacial score (nSPS) is 18.2. The first-order valence-electron chi connectivity index (χ1n) is 10.1. The third-order valence-corrected chi connectivity index (χ3v) is 5.78. The molecular weight excluding hydrogens is 429 g/mol. The summed E-state index contributed by atoms with van der Waals surface area (Å²) in [7, 11) is 0. The molecule has 2 aliphatic heterocycles. The number of amides is 2. The Hall–Kier alpha value is -3.34. The van der Waals surface area contributed by atoms with Crippen molar-refractivity contribution >= 4 is 11.8 Å². The molecular formula is C21H21F3N4O4. The van der Waals surface area contributed by atoms with Crippen LogP contribution in [0.3, 0.4) is 0 Å². The van der Waals surface area contributed by atoms with Crippen LogP contribution in [-0.4, -0.2) is 52.4 Å². The number of nitrogens with zero attached hydrogens (tertiary/aromatic N) is 3. The lowest BCUT2D eigenvalue weighted by Crippen LogP contribution is -2.57. The molecule has 2 bridgehead atoms. The van der Waals surface area contributed by atoms with Gasteiger partial charge < -0.3 is 15.3 Å². The molecule has 2 aliphatic rings. The van der Waals surface area contributed by atoms with Crippen molar-refractivity contribution in [1.29, 1.82) is 0 Å². The molecule has 1 saturated heterocycles. The number of fused-ring (bicyclic) bond motifs is 4. The van der Waals surface area contributed by atoms with E-state index in [9.17, 15) is 32.7 Å². The summed E-state index contributed by atoms with van der Waals surface area (Å²) < 4.78 is 42.2. The molecule has 1 unspecified atom stereocenters. The minimum Gasteiger partial charge on any atom is -0.393 e. The van der Waals surface area contributed by atoms with Gasteiger partial charge in [0, 0.05) is 49.1 Å². The summed E-state index contributed by atoms with van der Waals surface area (Å²) in [5.74, 6) is -4.68. The zero-order valence-corrected chi connectivity index (χ0v) is 17.2. The molecule has 2 N–H and O–H groups in total. The number of halogens is 3. The van der Waals surface area contributed by atoms with Gasteiger partial charge in [-0.25, -0.2) is 13.2 Å². The summed E-state index contributed by atoms with van der Waals surface area (Å²) in [6.45, 7) is 1.78. The van der Waals surface area contributed by atoms with Gasteiger partial charge in [-0.2, -0.15) is 0 Å². The highest BCUT2D eigenvalue weighted by Gasteiger charge is 2.34. The molecule has 1 atom stereocenters. The number of pyridine rings is 1. The van der Waals surface area contributed by atoms with Crippen LogP contribution >= 0.6 is 0 Å². The number of carbonyl (C=O) groups is 2. The molecule has 1 fully saturated rings. The highest BCUT2D eigenvalue weighted by atomic mass is 19.1. The zero-order chi connectivity index (χ0) is 23.2. The lowest BCUT2D eigenvalue weighted by atomic mass is 10.1. The van der Waals surface area contributed by atoms with Crippen molar-refractivity contribution in [3.63, 3.8) is 0 Å². The van der Waals surface area contributed by atoms with E-state index in [4.69, 9.17) is 0 Å². The number of rotatable bonds is 3. The maximum absolute atomic E-state index is 13.9. The maximum Gasteiger partial charge on any atom is 0.274 e. The van der Waals surface area contributed by atoms with E-state index < -0.39 is 47.0 Å². The standard InChI is InChI=1S/C21H21F3N4O4/c1-11-18-21(32)26-4-2-13(29)3-5-27(10-26)28(18)9-15(19(11)30)20(31)25-8-14-16(23)6-12(22)7-17(14)24/h6-7,9,13,29H,2-5,8,10H2,1H3,(H,25,31). The largest absolute Gasteiger partial charge is 0.393 e. The van der Waals surface area contributed by atoms with Gasteiger partial charge in [0.25, 0.3) is 11.8 Å². The summed E-state index contributed by atoms with van der Waals surface area (Å²) in [6.07, 6.45) is 1.51. The second-order valence-corrected chi connectivity index (χ2v) is 7.89. The fraction of sp³-hybridized carbons (Fsp3) is 0.381. The molecule has 170 valence electrons. The van der Waals surface area contributed by atoms with Crippen molar-refractivity contribution in [2.45, 2.75) is 32.4 Å². The number of nitrogens with one attached hydrogen (secondary N) is 1. The molecule has 1 aromatic carbocycles. The van der Waals surface area contributed by atoms with Crippen LogP contribution in [0.25, 0.3) is 0 Å². The van der Waals surface area contributed by atoms with Crippen molar-refractivity contribution in [2.24, 2.45) is 0 Å². The van der Waals surface area contributed by atoms with Crippen LogP contribution in [0.4, 0.5) is 13.2 Å². The summed E-state index contributed by atoms with van der Waals surface area (Å²) in [5, 5.41) is 14.0. The van der Waals surface area contributed by atoms with Gasteiger partial charge in [0.15, 0.2) is 5.43 Å². The van der Waals surface area contributed by atoms with Crippen molar-refractivity contribution in [1.82, 2.24) is 14.9 Å². The van der Waals surface area contributed by atoms with E-state index in [0.717, 1.165) is 0 Å². The van der Waals surface area contributed by atoms with Gasteiger partial charge in [0.05, 0.1) is 6.10 Å². The molecule has 0 aliphatic carbocycles. The molecule has 0 saturated carbocycles. The molecule has 32 heavy (non-hydrogen) atoms. The maximum atomic E-state index is 13.9. The van der Waals surface area contributed by atoms with Gasteiger partial charge in [-0.15, -0.1) is 0 Å². The highest BCUT2D eigenvalue weighted by Crippen LogP contribution is 2.20. The number of aromatic nitrogens is 1. The van der Waals surface area contributed by atoms with Crippen LogP contribution in [0.5, 0.6) is 0 Å². The number of hydrogen-bond acceptors (Lipinski definition) is 5. The third-order valence-electron chi connectivity index (χ3n) is 5.78. The van der Waals surface area contributed by atoms with Crippen molar-refractivity contribution in [2.75, 3.05) is 24.8 Å². The SMILES string of the molecule is Cc1c2n(cc(C(=O)NCc3c(F)cc(F)cc3F)c1=O)N1CCC(O)CCN(C1)C2=O. The Morgan fingerprint density at radius 3 is 2.50 bits per heavy atom. The smallest absolute Gasteiger partial charge is 0.274 e. The van der Waals surface area contributed by atoms with E-state index in [2.05, 4.69) is 5.32 Å². The number of hydrogen-bond donors (Lipinski definition) is 2. The van der Waals surface area contributed by atoms with Gasteiger partial charge in [-0.05, 0) is 19.8 Å². The lowest BCUT2D eigenvalue weighted by Gasteiger charge is -2.42. The molecule has 11 heteroatoms. The van der Waals surface area contributed by atoms with E-state index >= 15 is 0 Å². The van der Waals surface area contributed by atoms with E-state index in [1.54, 1.807) is 5.01 Å². The predicted molar refractivity (Wildman–Crippen MR) is 107 cm³/mol. The van der Waals surface area contributed by atoms with E-state index in [-0.39, 0.29) is 29.4 Å². The van der Waals surface area contributed by atoms with Gasteiger partial charge in [-0.3, -0.25) is 24.1 Å². The second kappa shape index (κ2) is 8.30. The van der Waals surface area contributed by atoms with Gasteiger partial charge in [0.2, 0.25) is 0 Å². The monoisotopic (exact) mass is 450 g/mol. The van der Waals surface area contributed by atoms with E-state index in [1.807, 2.05) is 0 Å². The van der Waals surface area contributed by atoms with Crippen LogP contribution in [-0.2, 0) is 6.54 Å². The minimum atomic E-state index is -1.16. The zero-order valence-electron chi connectivity index (χ0n) is 17.2. The lowest BCUT2D eigenvalue weighted by molar-refractivity contribution is 0.0594. The molecule has 2 amide bonds. The number of carbonyl (C=O) groups excluding carboxylic acids is 2. The first-order chi connectivity index (χ1) is 15.2. The fourth-order valence-corrected chi connectivity index (χ4v) is 3.95. The Morgan fingerprint density at radius 2 is 1.81 bits per heavy atom. The Labute approximate surface area is 180 Å².